The fraction of sp³-hybridized carbons (Fsp3) is 0.577. The fourth-order valence-electron chi connectivity index (χ4n) is 4.33. The van der Waals surface area contributed by atoms with E-state index in [1.54, 1.807) is 12.1 Å². The van der Waals surface area contributed by atoms with Crippen molar-refractivity contribution in [3.63, 3.8) is 0 Å². The molecule has 3 heterocycles. The number of alkyl halides is 3. The van der Waals surface area contributed by atoms with Crippen molar-refractivity contribution < 1.29 is 26.3 Å². The molecule has 0 spiro atoms. The fourth-order valence-corrected chi connectivity index (χ4v) is 5.18. The summed E-state index contributed by atoms with van der Waals surface area (Å²) in [6.07, 6.45) is -0.316. The standard InChI is InChI=1S/C26H37F3N8O3S/c1-5-13-31-19-8-7-9-23(33-19)41(38,39)32-15-21(34-20(6-2)36-18-30-16-24(36,3)4)37-14-10-22(35-37)40-17-25(11-12-25)26(27,28)29/h7-10,14-15,30,32H,5-6,11-13,16-18H2,1-4H3,(H,31,33)/b21-15+,34-20+. The summed E-state index contributed by atoms with van der Waals surface area (Å²) in [5.74, 6) is 1.17. The number of pyridine rings is 1. The number of hydrogen-bond acceptors (Lipinski definition) is 8. The van der Waals surface area contributed by atoms with E-state index in [1.165, 1.54) is 29.2 Å². The molecule has 0 aromatic carbocycles. The maximum atomic E-state index is 13.3. The van der Waals surface area contributed by atoms with Crippen molar-refractivity contribution in [3.05, 3.63) is 36.7 Å². The number of rotatable bonds is 12. The molecule has 226 valence electrons. The van der Waals surface area contributed by atoms with Gasteiger partial charge in [0.1, 0.15) is 23.7 Å². The van der Waals surface area contributed by atoms with Crippen LogP contribution in [0.25, 0.3) is 5.82 Å². The highest BCUT2D eigenvalue weighted by atomic mass is 32.2. The lowest BCUT2D eigenvalue weighted by Gasteiger charge is -2.33. The first-order chi connectivity index (χ1) is 19.3. The highest BCUT2D eigenvalue weighted by Crippen LogP contribution is 2.57. The Morgan fingerprint density at radius 3 is 2.61 bits per heavy atom. The summed E-state index contributed by atoms with van der Waals surface area (Å²) in [6.45, 7) is 9.41. The van der Waals surface area contributed by atoms with E-state index in [0.717, 1.165) is 13.0 Å². The molecule has 0 radical (unpaired) electrons. The topological polar surface area (TPSA) is 126 Å². The number of nitrogens with zero attached hydrogens (tertiary/aromatic N) is 5. The summed E-state index contributed by atoms with van der Waals surface area (Å²) >= 11 is 0. The molecule has 0 amide bonds. The van der Waals surface area contributed by atoms with Crippen molar-refractivity contribution >= 4 is 27.5 Å². The van der Waals surface area contributed by atoms with Gasteiger partial charge in [-0.2, -0.15) is 21.6 Å². The van der Waals surface area contributed by atoms with Crippen molar-refractivity contribution in [1.29, 1.82) is 0 Å². The van der Waals surface area contributed by atoms with Crippen molar-refractivity contribution in [2.45, 2.75) is 70.1 Å². The average Bonchev–Trinajstić information content (AvgIpc) is 3.46. The van der Waals surface area contributed by atoms with Gasteiger partial charge < -0.3 is 15.0 Å². The van der Waals surface area contributed by atoms with Crippen LogP contribution in [0.5, 0.6) is 5.88 Å². The van der Waals surface area contributed by atoms with Gasteiger partial charge in [-0.15, -0.1) is 5.10 Å². The van der Waals surface area contributed by atoms with Gasteiger partial charge in [0.25, 0.3) is 10.0 Å². The van der Waals surface area contributed by atoms with Crippen LogP contribution in [-0.2, 0) is 10.0 Å². The van der Waals surface area contributed by atoms with E-state index in [-0.39, 0.29) is 35.1 Å². The van der Waals surface area contributed by atoms with Crippen LogP contribution in [0.3, 0.4) is 0 Å². The zero-order valence-electron chi connectivity index (χ0n) is 23.6. The van der Waals surface area contributed by atoms with Crippen molar-refractivity contribution in [2.24, 2.45) is 10.4 Å². The van der Waals surface area contributed by atoms with Gasteiger partial charge in [0.05, 0.1) is 12.9 Å². The summed E-state index contributed by atoms with van der Waals surface area (Å²) in [5, 5.41) is 10.4. The Hall–Kier alpha value is -3.33. The Morgan fingerprint density at radius 1 is 1.24 bits per heavy atom. The van der Waals surface area contributed by atoms with Crippen LogP contribution in [0, 0.1) is 5.41 Å². The average molecular weight is 599 g/mol. The molecular formula is C26H37F3N8O3S. The maximum absolute atomic E-state index is 13.3. The van der Waals surface area contributed by atoms with Gasteiger partial charge in [-0.25, -0.2) is 14.7 Å². The SMILES string of the molecule is CCCNc1cccc(S(=O)(=O)N/C=C(\N=C(/CC)N2CNCC2(C)C)n2ccc(OCC3(C(F)(F)F)CC3)n2)n1. The number of aromatic nitrogens is 3. The molecule has 2 aromatic heterocycles. The molecule has 0 unspecified atom stereocenters. The molecule has 1 aliphatic heterocycles. The Labute approximate surface area is 238 Å². The van der Waals surface area contributed by atoms with E-state index in [0.29, 0.717) is 31.3 Å². The van der Waals surface area contributed by atoms with Gasteiger partial charge in [-0.3, -0.25) is 10.0 Å². The van der Waals surface area contributed by atoms with E-state index >= 15 is 0 Å². The summed E-state index contributed by atoms with van der Waals surface area (Å²) in [4.78, 5) is 11.0. The lowest BCUT2D eigenvalue weighted by Crippen LogP contribution is -2.44. The molecule has 1 saturated carbocycles. The van der Waals surface area contributed by atoms with E-state index < -0.39 is 28.2 Å². The number of ether oxygens (including phenoxy) is 1. The monoisotopic (exact) mass is 598 g/mol. The predicted molar refractivity (Wildman–Crippen MR) is 150 cm³/mol. The molecule has 1 saturated heterocycles. The summed E-state index contributed by atoms with van der Waals surface area (Å²) in [7, 11) is -4.10. The van der Waals surface area contributed by atoms with Gasteiger partial charge in [0.2, 0.25) is 5.88 Å². The summed E-state index contributed by atoms with van der Waals surface area (Å²) < 4.78 is 75.4. The van der Waals surface area contributed by atoms with Crippen molar-refractivity contribution in [1.82, 2.24) is 29.7 Å². The second-order valence-electron chi connectivity index (χ2n) is 10.8. The van der Waals surface area contributed by atoms with Gasteiger partial charge in [-0.1, -0.05) is 19.9 Å². The molecule has 15 heteroatoms. The number of sulfonamides is 1. The number of aliphatic imine (C=N–C) groups is 1. The molecule has 2 aromatic rings. The Balaban J connectivity index is 1.63. The number of amidine groups is 1. The third kappa shape index (κ3) is 7.12. The van der Waals surface area contributed by atoms with Crippen molar-refractivity contribution in [2.75, 3.05) is 31.7 Å². The normalized spacial score (nSPS) is 18.9. The van der Waals surface area contributed by atoms with E-state index in [1.807, 2.05) is 13.8 Å². The third-order valence-corrected chi connectivity index (χ3v) is 8.28. The van der Waals surface area contributed by atoms with Crippen LogP contribution >= 0.6 is 0 Å². The van der Waals surface area contributed by atoms with Gasteiger partial charge in [-0.05, 0) is 45.2 Å². The largest absolute Gasteiger partial charge is 0.476 e. The van der Waals surface area contributed by atoms with Gasteiger partial charge >= 0.3 is 6.18 Å². The quantitative estimate of drug-likeness (QED) is 0.247. The number of hydrogen-bond donors (Lipinski definition) is 3. The second kappa shape index (κ2) is 11.9. The summed E-state index contributed by atoms with van der Waals surface area (Å²) in [6, 6.07) is 6.06. The molecule has 2 fully saturated rings. The van der Waals surface area contributed by atoms with Crippen molar-refractivity contribution in [3.8, 4) is 5.88 Å². The highest BCUT2D eigenvalue weighted by Gasteiger charge is 2.64. The zero-order valence-corrected chi connectivity index (χ0v) is 24.4. The smallest absolute Gasteiger partial charge is 0.397 e. The van der Waals surface area contributed by atoms with Crippen LogP contribution in [0.4, 0.5) is 19.0 Å². The minimum atomic E-state index is -4.35. The van der Waals surface area contributed by atoms with Crippen LogP contribution in [0.2, 0.25) is 0 Å². The van der Waals surface area contributed by atoms with Gasteiger partial charge in [0, 0.05) is 37.3 Å². The molecule has 41 heavy (non-hydrogen) atoms. The maximum Gasteiger partial charge on any atom is 0.397 e. The van der Waals surface area contributed by atoms with Crippen LogP contribution in [-0.4, -0.2) is 72.0 Å². The highest BCUT2D eigenvalue weighted by molar-refractivity contribution is 7.89. The summed E-state index contributed by atoms with van der Waals surface area (Å²) in [5.41, 5.74) is -2.09. The molecule has 0 atom stereocenters. The number of anilines is 1. The lowest BCUT2D eigenvalue weighted by molar-refractivity contribution is -0.194. The van der Waals surface area contributed by atoms with Crippen LogP contribution < -0.4 is 20.1 Å². The van der Waals surface area contributed by atoms with Crippen LogP contribution in [0.15, 0.2) is 46.7 Å². The zero-order chi connectivity index (χ0) is 29.9. The van der Waals surface area contributed by atoms with E-state index in [4.69, 9.17) is 9.73 Å². The first-order valence-electron chi connectivity index (χ1n) is 13.6. The van der Waals surface area contributed by atoms with Gasteiger partial charge in [0.15, 0.2) is 10.8 Å². The first-order valence-corrected chi connectivity index (χ1v) is 15.0. The molecule has 1 aliphatic carbocycles. The van der Waals surface area contributed by atoms with E-state index in [2.05, 4.69) is 44.2 Å². The predicted octanol–water partition coefficient (Wildman–Crippen LogP) is 4.01. The number of halogens is 3. The Kier molecular flexibility index (Phi) is 8.87. The molecule has 11 nitrogen and oxygen atoms in total. The minimum Gasteiger partial charge on any atom is -0.476 e. The molecule has 2 aliphatic rings. The number of nitrogens with one attached hydrogen (secondary N) is 3. The lowest BCUT2D eigenvalue weighted by atomic mass is 10.1. The molecule has 3 N–H and O–H groups in total. The van der Waals surface area contributed by atoms with Crippen LogP contribution in [0.1, 0.15) is 53.4 Å². The molecule has 4 rings (SSSR count). The molecular weight excluding hydrogens is 561 g/mol. The third-order valence-electron chi connectivity index (χ3n) is 7.08. The second-order valence-corrected chi connectivity index (χ2v) is 12.4. The Bertz CT molecular complexity index is 1380. The van der Waals surface area contributed by atoms with E-state index in [9.17, 15) is 21.6 Å². The minimum absolute atomic E-state index is 0.0111. The Morgan fingerprint density at radius 2 is 2.00 bits per heavy atom. The first kappa shape index (κ1) is 30.6. The molecule has 0 bridgehead atoms.